The molecular formula is C20H12N4O3S. The Labute approximate surface area is 164 Å². The number of nitrogens with zero attached hydrogens (tertiary/aromatic N) is 4. The number of rotatable bonds is 6. The standard InChI is InChI=1S/C20H12N4O3S/c21-13-16(19(25)15-5-2-1-3-6-15)11-14-7-8-18(17(12-14)24(26)27)28-20-22-9-4-10-23-20/h1-12H. The number of aromatic nitrogens is 2. The van der Waals surface area contributed by atoms with Gasteiger partial charge in [0.2, 0.25) is 5.78 Å². The molecule has 0 radical (unpaired) electrons. The molecule has 2 aromatic carbocycles. The number of carbonyl (C=O) groups excluding carboxylic acids is 1. The first kappa shape index (κ1) is 18.9. The highest BCUT2D eigenvalue weighted by Gasteiger charge is 2.18. The molecular weight excluding hydrogens is 376 g/mol. The van der Waals surface area contributed by atoms with Crippen molar-refractivity contribution >= 4 is 29.3 Å². The van der Waals surface area contributed by atoms with Gasteiger partial charge in [-0.1, -0.05) is 36.4 Å². The fourth-order valence-electron chi connectivity index (χ4n) is 2.35. The Hall–Kier alpha value is -3.83. The Kier molecular flexibility index (Phi) is 5.89. The zero-order valence-electron chi connectivity index (χ0n) is 14.4. The second-order valence-electron chi connectivity index (χ2n) is 5.48. The summed E-state index contributed by atoms with van der Waals surface area (Å²) in [5.41, 5.74) is 0.493. The average Bonchev–Trinajstić information content (AvgIpc) is 2.73. The summed E-state index contributed by atoms with van der Waals surface area (Å²) in [6, 6.07) is 16.4. The van der Waals surface area contributed by atoms with Crippen molar-refractivity contribution < 1.29 is 9.72 Å². The van der Waals surface area contributed by atoms with Gasteiger partial charge in [-0.2, -0.15) is 5.26 Å². The molecule has 0 fully saturated rings. The lowest BCUT2D eigenvalue weighted by molar-refractivity contribution is -0.387. The van der Waals surface area contributed by atoms with Gasteiger partial charge < -0.3 is 0 Å². The van der Waals surface area contributed by atoms with E-state index in [9.17, 15) is 20.2 Å². The molecule has 0 aliphatic heterocycles. The molecule has 8 heteroatoms. The van der Waals surface area contributed by atoms with Crippen LogP contribution in [0.15, 0.2) is 82.6 Å². The molecule has 0 saturated heterocycles. The van der Waals surface area contributed by atoms with Crippen LogP contribution in [0.2, 0.25) is 0 Å². The third kappa shape index (κ3) is 4.47. The van der Waals surface area contributed by atoms with Gasteiger partial charge in [0.05, 0.1) is 9.82 Å². The van der Waals surface area contributed by atoms with Gasteiger partial charge in [0, 0.05) is 24.0 Å². The second kappa shape index (κ2) is 8.70. The van der Waals surface area contributed by atoms with E-state index in [1.807, 2.05) is 6.07 Å². The van der Waals surface area contributed by atoms with Crippen molar-refractivity contribution in [2.45, 2.75) is 10.1 Å². The van der Waals surface area contributed by atoms with E-state index >= 15 is 0 Å². The maximum Gasteiger partial charge on any atom is 0.283 e. The lowest BCUT2D eigenvalue weighted by Gasteiger charge is -2.04. The van der Waals surface area contributed by atoms with Crippen LogP contribution in [-0.4, -0.2) is 20.7 Å². The van der Waals surface area contributed by atoms with E-state index in [0.29, 0.717) is 21.2 Å². The predicted octanol–water partition coefficient (Wildman–Crippen LogP) is 4.33. The number of carbonyl (C=O) groups is 1. The molecule has 0 atom stereocenters. The van der Waals surface area contributed by atoms with Crippen LogP contribution in [-0.2, 0) is 0 Å². The number of nitriles is 1. The topological polar surface area (TPSA) is 110 Å². The minimum Gasteiger partial charge on any atom is -0.288 e. The van der Waals surface area contributed by atoms with Crippen molar-refractivity contribution in [3.63, 3.8) is 0 Å². The van der Waals surface area contributed by atoms with Crippen molar-refractivity contribution in [3.05, 3.63) is 93.8 Å². The molecule has 28 heavy (non-hydrogen) atoms. The predicted molar refractivity (Wildman–Crippen MR) is 104 cm³/mol. The van der Waals surface area contributed by atoms with Gasteiger partial charge in [-0.15, -0.1) is 0 Å². The van der Waals surface area contributed by atoms with Crippen molar-refractivity contribution in [2.24, 2.45) is 0 Å². The van der Waals surface area contributed by atoms with Crippen LogP contribution in [0.1, 0.15) is 15.9 Å². The second-order valence-corrected chi connectivity index (χ2v) is 6.49. The summed E-state index contributed by atoms with van der Waals surface area (Å²) >= 11 is 1.06. The van der Waals surface area contributed by atoms with E-state index in [1.54, 1.807) is 60.9 Å². The highest BCUT2D eigenvalue weighted by Crippen LogP contribution is 2.34. The van der Waals surface area contributed by atoms with Crippen LogP contribution < -0.4 is 0 Å². The highest BCUT2D eigenvalue weighted by molar-refractivity contribution is 7.99. The lowest BCUT2D eigenvalue weighted by Crippen LogP contribution is -2.01. The van der Waals surface area contributed by atoms with E-state index < -0.39 is 10.7 Å². The summed E-state index contributed by atoms with van der Waals surface area (Å²) in [6.45, 7) is 0. The summed E-state index contributed by atoms with van der Waals surface area (Å²) < 4.78 is 0. The Balaban J connectivity index is 1.95. The minimum absolute atomic E-state index is 0.104. The van der Waals surface area contributed by atoms with Crippen LogP contribution in [0.5, 0.6) is 0 Å². The fraction of sp³-hybridized carbons (Fsp3) is 0. The van der Waals surface area contributed by atoms with Crippen molar-refractivity contribution in [3.8, 4) is 6.07 Å². The van der Waals surface area contributed by atoms with Gasteiger partial charge in [0.1, 0.15) is 11.6 Å². The molecule has 0 spiro atoms. The normalized spacial score (nSPS) is 10.9. The Morgan fingerprint density at radius 2 is 1.82 bits per heavy atom. The molecule has 0 unspecified atom stereocenters. The number of allylic oxidation sites excluding steroid dienone is 1. The average molecular weight is 388 g/mol. The quantitative estimate of drug-likeness (QED) is 0.154. The zero-order chi connectivity index (χ0) is 19.9. The SMILES string of the molecule is N#CC(=Cc1ccc(Sc2ncccn2)c([N+](=O)[O-])c1)C(=O)c1ccccc1. The van der Waals surface area contributed by atoms with Crippen LogP contribution in [0, 0.1) is 21.4 Å². The van der Waals surface area contributed by atoms with Crippen LogP contribution in [0.3, 0.4) is 0 Å². The molecule has 0 amide bonds. The monoisotopic (exact) mass is 388 g/mol. The largest absolute Gasteiger partial charge is 0.288 e. The molecule has 136 valence electrons. The van der Waals surface area contributed by atoms with E-state index in [-0.39, 0.29) is 11.3 Å². The Bertz CT molecular complexity index is 1090. The molecule has 0 bridgehead atoms. The lowest BCUT2D eigenvalue weighted by atomic mass is 10.0. The van der Waals surface area contributed by atoms with Crippen LogP contribution in [0.25, 0.3) is 6.08 Å². The molecule has 7 nitrogen and oxygen atoms in total. The number of nitro benzene ring substituents is 1. The molecule has 1 aromatic heterocycles. The highest BCUT2D eigenvalue weighted by atomic mass is 32.2. The maximum absolute atomic E-state index is 12.5. The number of benzene rings is 2. The smallest absolute Gasteiger partial charge is 0.283 e. The first-order valence-corrected chi connectivity index (χ1v) is 8.85. The summed E-state index contributed by atoms with van der Waals surface area (Å²) in [4.78, 5) is 31.9. The van der Waals surface area contributed by atoms with Gasteiger partial charge in [-0.25, -0.2) is 9.97 Å². The third-order valence-corrected chi connectivity index (χ3v) is 4.59. The van der Waals surface area contributed by atoms with Gasteiger partial charge in [-0.3, -0.25) is 14.9 Å². The summed E-state index contributed by atoms with van der Waals surface area (Å²) in [5.74, 6) is -0.443. The van der Waals surface area contributed by atoms with Gasteiger partial charge in [0.15, 0.2) is 5.16 Å². The fourth-order valence-corrected chi connectivity index (χ4v) is 3.15. The summed E-state index contributed by atoms with van der Waals surface area (Å²) in [7, 11) is 0. The van der Waals surface area contributed by atoms with E-state index in [4.69, 9.17) is 0 Å². The number of nitro groups is 1. The van der Waals surface area contributed by atoms with Gasteiger partial charge >= 0.3 is 0 Å². The Morgan fingerprint density at radius 3 is 2.46 bits per heavy atom. The minimum atomic E-state index is -0.520. The maximum atomic E-state index is 12.5. The van der Waals surface area contributed by atoms with Crippen molar-refractivity contribution in [1.82, 2.24) is 9.97 Å². The number of ketones is 1. The molecule has 0 saturated carbocycles. The molecule has 0 aliphatic carbocycles. The first-order chi connectivity index (χ1) is 13.6. The number of hydrogen-bond donors (Lipinski definition) is 0. The van der Waals surface area contributed by atoms with Crippen LogP contribution >= 0.6 is 11.8 Å². The van der Waals surface area contributed by atoms with Crippen molar-refractivity contribution in [2.75, 3.05) is 0 Å². The van der Waals surface area contributed by atoms with Gasteiger partial charge in [-0.05, 0) is 35.5 Å². The van der Waals surface area contributed by atoms with E-state index in [0.717, 1.165) is 11.8 Å². The zero-order valence-corrected chi connectivity index (χ0v) is 15.2. The molecule has 3 aromatic rings. The van der Waals surface area contributed by atoms with Crippen molar-refractivity contribution in [1.29, 1.82) is 5.26 Å². The number of Topliss-reactive ketones (excluding diaryl/α,β-unsaturated/α-hetero) is 1. The van der Waals surface area contributed by atoms with E-state index in [2.05, 4.69) is 9.97 Å². The molecule has 3 rings (SSSR count). The molecule has 1 heterocycles. The Morgan fingerprint density at radius 1 is 1.11 bits per heavy atom. The van der Waals surface area contributed by atoms with Crippen LogP contribution in [0.4, 0.5) is 5.69 Å². The van der Waals surface area contributed by atoms with E-state index in [1.165, 1.54) is 12.1 Å². The molecule has 0 N–H and O–H groups in total. The first-order valence-electron chi connectivity index (χ1n) is 8.03. The number of hydrogen-bond acceptors (Lipinski definition) is 7. The third-order valence-electron chi connectivity index (χ3n) is 3.64. The summed E-state index contributed by atoms with van der Waals surface area (Å²) in [5, 5.41) is 21.2. The van der Waals surface area contributed by atoms with Gasteiger partial charge in [0.25, 0.3) is 5.69 Å². The molecule has 0 aliphatic rings. The summed E-state index contributed by atoms with van der Waals surface area (Å²) in [6.07, 6.45) is 4.44.